The zero-order valence-corrected chi connectivity index (χ0v) is 20.6. The Bertz CT molecular complexity index is 1360. The third-order valence-electron chi connectivity index (χ3n) is 5.31. The monoisotopic (exact) mass is 514 g/mol. The first kappa shape index (κ1) is 24.6. The molecule has 10 heteroatoms. The van der Waals surface area contributed by atoms with Crippen LogP contribution in [-0.2, 0) is 14.8 Å². The van der Waals surface area contributed by atoms with Crippen LogP contribution in [0.25, 0.3) is 0 Å². The molecule has 0 unspecified atom stereocenters. The van der Waals surface area contributed by atoms with Crippen LogP contribution in [0, 0.1) is 0 Å². The quantitative estimate of drug-likeness (QED) is 0.419. The first-order valence-electron chi connectivity index (χ1n) is 10.7. The van der Waals surface area contributed by atoms with Crippen LogP contribution in [0.4, 0.5) is 0 Å². The summed E-state index contributed by atoms with van der Waals surface area (Å²) in [7, 11) is -0.541. The number of rotatable bonds is 8. The first-order chi connectivity index (χ1) is 16.8. The smallest absolute Gasteiger partial charge is 0.340 e. The van der Waals surface area contributed by atoms with Gasteiger partial charge < -0.3 is 19.1 Å². The molecule has 1 aliphatic rings. The third-order valence-corrected chi connectivity index (χ3v) is 6.97. The number of ether oxygens (including phenoxy) is 3. The van der Waals surface area contributed by atoms with E-state index >= 15 is 0 Å². The van der Waals surface area contributed by atoms with E-state index in [0.717, 1.165) is 0 Å². The van der Waals surface area contributed by atoms with Crippen LogP contribution in [0.2, 0.25) is 5.02 Å². The Morgan fingerprint density at radius 3 is 2.37 bits per heavy atom. The second kappa shape index (κ2) is 10.4. The summed E-state index contributed by atoms with van der Waals surface area (Å²) in [4.78, 5) is 14.6. The van der Waals surface area contributed by atoms with E-state index in [2.05, 4.69) is 4.40 Å². The highest BCUT2D eigenvalue weighted by Gasteiger charge is 2.32. The highest BCUT2D eigenvalue weighted by Crippen LogP contribution is 2.27. The van der Waals surface area contributed by atoms with Gasteiger partial charge in [0.2, 0.25) is 0 Å². The first-order valence-corrected chi connectivity index (χ1v) is 12.5. The molecule has 0 saturated heterocycles. The standard InChI is InChI=1S/C25H23ClN2O6S/c1-28(24-21-8-4-6-10-23(21)35(30,31)27-24)15-19(16-33-18-13-11-17(32-2)12-14-18)34-25(29)20-7-3-5-9-22(20)26/h3-14,19H,15-16H2,1-2H3/t19-/m1/s1. The number of methoxy groups -OCH3 is 1. The van der Waals surface area contributed by atoms with Gasteiger partial charge in [0.15, 0.2) is 11.9 Å². The predicted molar refractivity (Wildman–Crippen MR) is 132 cm³/mol. The predicted octanol–water partition coefficient (Wildman–Crippen LogP) is 4.03. The molecule has 3 aromatic carbocycles. The molecule has 4 rings (SSSR count). The molecule has 182 valence electrons. The summed E-state index contributed by atoms with van der Waals surface area (Å²) in [6.07, 6.45) is -0.774. The van der Waals surface area contributed by atoms with Gasteiger partial charge in [-0.1, -0.05) is 35.9 Å². The minimum atomic E-state index is -3.79. The zero-order valence-electron chi connectivity index (χ0n) is 19.0. The van der Waals surface area contributed by atoms with Crippen LogP contribution < -0.4 is 9.47 Å². The van der Waals surface area contributed by atoms with Gasteiger partial charge in [0.05, 0.1) is 24.2 Å². The highest BCUT2D eigenvalue weighted by atomic mass is 35.5. The summed E-state index contributed by atoms with van der Waals surface area (Å²) in [6, 6.07) is 20.1. The average molecular weight is 515 g/mol. The summed E-state index contributed by atoms with van der Waals surface area (Å²) in [6.45, 7) is 0.129. The molecule has 35 heavy (non-hydrogen) atoms. The lowest BCUT2D eigenvalue weighted by Crippen LogP contribution is -2.39. The van der Waals surface area contributed by atoms with Crippen molar-refractivity contribution in [1.29, 1.82) is 0 Å². The lowest BCUT2D eigenvalue weighted by atomic mass is 10.2. The second-order valence-electron chi connectivity index (χ2n) is 7.76. The Morgan fingerprint density at radius 1 is 1.00 bits per heavy atom. The average Bonchev–Trinajstić information content (AvgIpc) is 3.14. The molecule has 1 heterocycles. The number of carbonyl (C=O) groups is 1. The van der Waals surface area contributed by atoms with E-state index in [1.807, 2.05) is 0 Å². The maximum Gasteiger partial charge on any atom is 0.340 e. The molecule has 1 atom stereocenters. The molecular weight excluding hydrogens is 492 g/mol. The van der Waals surface area contributed by atoms with E-state index in [1.165, 1.54) is 6.07 Å². The largest absolute Gasteiger partial charge is 0.497 e. The van der Waals surface area contributed by atoms with Crippen molar-refractivity contribution in [3.63, 3.8) is 0 Å². The summed E-state index contributed by atoms with van der Waals surface area (Å²) in [5, 5.41) is 0.265. The molecule has 0 amide bonds. The molecule has 0 saturated carbocycles. The van der Waals surface area contributed by atoms with Gasteiger partial charge in [-0.15, -0.1) is 4.40 Å². The van der Waals surface area contributed by atoms with Crippen LogP contribution >= 0.6 is 11.6 Å². The van der Waals surface area contributed by atoms with Crippen molar-refractivity contribution < 1.29 is 27.4 Å². The number of esters is 1. The summed E-state index contributed by atoms with van der Waals surface area (Å²) < 4.78 is 45.6. The molecule has 0 bridgehead atoms. The number of hydrogen-bond donors (Lipinski definition) is 0. The fraction of sp³-hybridized carbons (Fsp3) is 0.200. The molecule has 8 nitrogen and oxygen atoms in total. The lowest BCUT2D eigenvalue weighted by molar-refractivity contribution is 0.0130. The van der Waals surface area contributed by atoms with Crippen LogP contribution in [0.5, 0.6) is 11.5 Å². The number of benzene rings is 3. The minimum absolute atomic E-state index is 0.00847. The number of nitrogens with zero attached hydrogens (tertiary/aromatic N) is 2. The van der Waals surface area contributed by atoms with Gasteiger partial charge in [-0.25, -0.2) is 4.79 Å². The van der Waals surface area contributed by atoms with Crippen LogP contribution in [-0.4, -0.2) is 58.5 Å². The molecule has 0 N–H and O–H groups in total. The van der Waals surface area contributed by atoms with E-state index in [-0.39, 0.29) is 34.5 Å². The van der Waals surface area contributed by atoms with Crippen LogP contribution in [0.1, 0.15) is 15.9 Å². The Balaban J connectivity index is 1.54. The minimum Gasteiger partial charge on any atom is -0.497 e. The van der Waals surface area contributed by atoms with Crippen molar-refractivity contribution in [2.45, 2.75) is 11.0 Å². The van der Waals surface area contributed by atoms with Crippen molar-refractivity contribution >= 4 is 33.4 Å². The summed E-state index contributed by atoms with van der Waals surface area (Å²) in [5.74, 6) is 0.883. The van der Waals surface area contributed by atoms with Crippen LogP contribution in [0.15, 0.2) is 82.1 Å². The fourth-order valence-corrected chi connectivity index (χ4v) is 5.05. The molecule has 0 aromatic heterocycles. The lowest BCUT2D eigenvalue weighted by Gasteiger charge is -2.26. The van der Waals surface area contributed by atoms with Gasteiger partial charge in [-0.2, -0.15) is 8.42 Å². The van der Waals surface area contributed by atoms with Gasteiger partial charge >= 0.3 is 5.97 Å². The van der Waals surface area contributed by atoms with Gasteiger partial charge in [-0.3, -0.25) is 0 Å². The van der Waals surface area contributed by atoms with E-state index in [1.54, 1.807) is 85.8 Å². The topological polar surface area (TPSA) is 94.5 Å². The van der Waals surface area contributed by atoms with Crippen molar-refractivity contribution in [2.24, 2.45) is 4.40 Å². The molecule has 0 radical (unpaired) electrons. The number of sulfonamides is 1. The molecular formula is C25H23ClN2O6S. The number of carbonyl (C=O) groups excluding carboxylic acids is 1. The normalized spacial score (nSPS) is 14.4. The Morgan fingerprint density at radius 2 is 1.66 bits per heavy atom. The zero-order chi connectivity index (χ0) is 25.0. The van der Waals surface area contributed by atoms with Crippen LogP contribution in [0.3, 0.4) is 0 Å². The fourth-order valence-electron chi connectivity index (χ4n) is 3.58. The Labute approximate surface area is 208 Å². The molecule has 1 aliphatic heterocycles. The van der Waals surface area contributed by atoms with Crippen molar-refractivity contribution in [1.82, 2.24) is 4.90 Å². The van der Waals surface area contributed by atoms with Gasteiger partial charge in [0, 0.05) is 12.6 Å². The SMILES string of the molecule is COc1ccc(OC[C@@H](CN(C)C2=NS(=O)(=O)c3ccccc32)OC(=O)c2ccccc2Cl)cc1. The maximum atomic E-state index is 12.9. The highest BCUT2D eigenvalue weighted by molar-refractivity contribution is 7.90. The van der Waals surface area contributed by atoms with E-state index < -0.39 is 22.1 Å². The summed E-state index contributed by atoms with van der Waals surface area (Å²) in [5.41, 5.74) is 0.708. The third kappa shape index (κ3) is 5.58. The van der Waals surface area contributed by atoms with Crippen molar-refractivity contribution in [3.8, 4) is 11.5 Å². The second-order valence-corrected chi connectivity index (χ2v) is 9.74. The Hall–Kier alpha value is -3.56. The van der Waals surface area contributed by atoms with Gasteiger partial charge in [0.25, 0.3) is 10.0 Å². The number of hydrogen-bond acceptors (Lipinski definition) is 7. The summed E-state index contributed by atoms with van der Waals surface area (Å²) >= 11 is 6.16. The van der Waals surface area contributed by atoms with Crippen molar-refractivity contribution in [2.75, 3.05) is 27.3 Å². The number of halogens is 1. The number of amidine groups is 1. The Kier molecular flexibility index (Phi) is 7.28. The van der Waals surface area contributed by atoms with Gasteiger partial charge in [0.1, 0.15) is 23.0 Å². The van der Waals surface area contributed by atoms with Crippen molar-refractivity contribution in [3.05, 3.63) is 88.9 Å². The number of fused-ring (bicyclic) bond motifs is 1. The number of likely N-dealkylation sites (N-methyl/N-ethyl adjacent to an activating group) is 1. The molecule has 0 spiro atoms. The molecule has 0 aliphatic carbocycles. The van der Waals surface area contributed by atoms with E-state index in [9.17, 15) is 13.2 Å². The van der Waals surface area contributed by atoms with Gasteiger partial charge in [-0.05, 0) is 48.5 Å². The molecule has 3 aromatic rings. The van der Waals surface area contributed by atoms with E-state index in [4.69, 9.17) is 25.8 Å². The molecule has 0 fully saturated rings. The van der Waals surface area contributed by atoms with E-state index in [0.29, 0.717) is 17.1 Å². The maximum absolute atomic E-state index is 12.9.